The van der Waals surface area contributed by atoms with Crippen LogP contribution in [0.3, 0.4) is 0 Å². The summed E-state index contributed by atoms with van der Waals surface area (Å²) in [6.45, 7) is 2.07. The summed E-state index contributed by atoms with van der Waals surface area (Å²) in [5.41, 5.74) is 0. The summed E-state index contributed by atoms with van der Waals surface area (Å²) in [4.78, 5) is 20.9. The maximum atomic E-state index is 10.8. The van der Waals surface area contributed by atoms with Crippen molar-refractivity contribution in [3.63, 3.8) is 0 Å². The second-order valence-corrected chi connectivity index (χ2v) is 2.64. The van der Waals surface area contributed by atoms with Crippen LogP contribution in [0.15, 0.2) is 0 Å². The van der Waals surface area contributed by atoms with Crippen LogP contribution >= 0.6 is 0 Å². The standard InChI is InChI=1S/C8H16N2O4/c1-9-2-4-14-5-3-10-7(11)6-8(12)13/h9H,2-6H2,1H3,(H,10,11)(H,12,13). The van der Waals surface area contributed by atoms with Gasteiger partial charge in [-0.1, -0.05) is 0 Å². The highest BCUT2D eigenvalue weighted by Crippen LogP contribution is 1.79. The van der Waals surface area contributed by atoms with E-state index in [0.29, 0.717) is 19.8 Å². The molecule has 0 atom stereocenters. The van der Waals surface area contributed by atoms with Crippen molar-refractivity contribution >= 4 is 11.9 Å². The topological polar surface area (TPSA) is 87.7 Å². The van der Waals surface area contributed by atoms with Crippen LogP contribution in [-0.2, 0) is 14.3 Å². The van der Waals surface area contributed by atoms with Crippen molar-refractivity contribution in [2.24, 2.45) is 0 Å². The first-order chi connectivity index (χ1) is 6.66. The Labute approximate surface area is 82.6 Å². The molecular formula is C8H16N2O4. The number of carbonyl (C=O) groups is 2. The van der Waals surface area contributed by atoms with Gasteiger partial charge < -0.3 is 20.5 Å². The fourth-order valence-corrected chi connectivity index (χ4v) is 0.739. The van der Waals surface area contributed by atoms with E-state index >= 15 is 0 Å². The highest BCUT2D eigenvalue weighted by atomic mass is 16.5. The largest absolute Gasteiger partial charge is 0.481 e. The average molecular weight is 204 g/mol. The molecule has 1 amide bonds. The SMILES string of the molecule is CNCCOCCNC(=O)CC(=O)O. The van der Waals surface area contributed by atoms with Gasteiger partial charge in [0.25, 0.3) is 0 Å². The Morgan fingerprint density at radius 1 is 1.29 bits per heavy atom. The van der Waals surface area contributed by atoms with E-state index in [4.69, 9.17) is 9.84 Å². The van der Waals surface area contributed by atoms with Crippen molar-refractivity contribution in [1.29, 1.82) is 0 Å². The van der Waals surface area contributed by atoms with Gasteiger partial charge in [-0.25, -0.2) is 0 Å². The van der Waals surface area contributed by atoms with Gasteiger partial charge in [-0.15, -0.1) is 0 Å². The molecule has 82 valence electrons. The Morgan fingerprint density at radius 3 is 2.50 bits per heavy atom. The van der Waals surface area contributed by atoms with Gasteiger partial charge >= 0.3 is 5.97 Å². The summed E-state index contributed by atoms with van der Waals surface area (Å²) < 4.78 is 5.10. The number of hydrogen-bond acceptors (Lipinski definition) is 4. The van der Waals surface area contributed by atoms with Crippen LogP contribution in [0.4, 0.5) is 0 Å². The Morgan fingerprint density at radius 2 is 1.93 bits per heavy atom. The first-order valence-corrected chi connectivity index (χ1v) is 4.37. The third-order valence-corrected chi connectivity index (χ3v) is 1.38. The third kappa shape index (κ3) is 8.95. The molecule has 0 unspecified atom stereocenters. The van der Waals surface area contributed by atoms with Crippen LogP contribution in [0.25, 0.3) is 0 Å². The van der Waals surface area contributed by atoms with E-state index in [1.54, 1.807) is 0 Å². The number of aliphatic carboxylic acids is 1. The molecule has 3 N–H and O–H groups in total. The number of hydrogen-bond donors (Lipinski definition) is 3. The molecule has 0 spiro atoms. The van der Waals surface area contributed by atoms with Crippen molar-refractivity contribution in [3.05, 3.63) is 0 Å². The van der Waals surface area contributed by atoms with Crippen LogP contribution in [0, 0.1) is 0 Å². The Hall–Kier alpha value is -1.14. The van der Waals surface area contributed by atoms with Crippen LogP contribution < -0.4 is 10.6 Å². The molecule has 0 heterocycles. The van der Waals surface area contributed by atoms with Crippen molar-refractivity contribution in [2.45, 2.75) is 6.42 Å². The summed E-state index contributed by atoms with van der Waals surface area (Å²) in [5.74, 6) is -1.62. The minimum Gasteiger partial charge on any atom is -0.481 e. The van der Waals surface area contributed by atoms with Crippen molar-refractivity contribution in [1.82, 2.24) is 10.6 Å². The highest BCUT2D eigenvalue weighted by molar-refractivity contribution is 5.93. The van der Waals surface area contributed by atoms with E-state index in [1.807, 2.05) is 7.05 Å². The van der Waals surface area contributed by atoms with Gasteiger partial charge in [0.2, 0.25) is 5.91 Å². The lowest BCUT2D eigenvalue weighted by Gasteiger charge is -2.04. The number of nitrogens with one attached hydrogen (secondary N) is 2. The molecule has 0 radical (unpaired) electrons. The summed E-state index contributed by atoms with van der Waals surface area (Å²) in [5, 5.41) is 13.6. The Balaban J connectivity index is 3.19. The number of rotatable bonds is 8. The van der Waals surface area contributed by atoms with Gasteiger partial charge in [0.1, 0.15) is 6.42 Å². The molecule has 6 heteroatoms. The molecule has 6 nitrogen and oxygen atoms in total. The normalized spacial score (nSPS) is 9.79. The van der Waals surface area contributed by atoms with Crippen LogP contribution in [-0.4, -0.2) is 50.3 Å². The van der Waals surface area contributed by atoms with Gasteiger partial charge in [-0.3, -0.25) is 9.59 Å². The molecule has 0 aliphatic rings. The molecule has 0 rings (SSSR count). The summed E-state index contributed by atoms with van der Waals surface area (Å²) >= 11 is 0. The van der Waals surface area contributed by atoms with Gasteiger partial charge in [-0.05, 0) is 7.05 Å². The quantitative estimate of drug-likeness (QED) is 0.342. The molecule has 0 aliphatic heterocycles. The zero-order valence-electron chi connectivity index (χ0n) is 8.21. The highest BCUT2D eigenvalue weighted by Gasteiger charge is 2.05. The Kier molecular flexibility index (Phi) is 7.77. The minimum atomic E-state index is -1.13. The molecule has 0 bridgehead atoms. The lowest BCUT2D eigenvalue weighted by atomic mass is 10.4. The first kappa shape index (κ1) is 12.9. The van der Waals surface area contributed by atoms with E-state index in [-0.39, 0.29) is 0 Å². The molecule has 0 aromatic carbocycles. The minimum absolute atomic E-state index is 0.343. The van der Waals surface area contributed by atoms with Gasteiger partial charge in [-0.2, -0.15) is 0 Å². The molecule has 14 heavy (non-hydrogen) atoms. The fraction of sp³-hybridized carbons (Fsp3) is 0.750. The summed E-state index contributed by atoms with van der Waals surface area (Å²) in [6.07, 6.45) is -0.490. The van der Waals surface area contributed by atoms with Crippen molar-refractivity contribution < 1.29 is 19.4 Å². The molecule has 0 saturated carbocycles. The molecule has 0 saturated heterocycles. The van der Waals surface area contributed by atoms with Crippen molar-refractivity contribution in [3.8, 4) is 0 Å². The Bertz CT molecular complexity index is 184. The van der Waals surface area contributed by atoms with Gasteiger partial charge in [0.15, 0.2) is 0 Å². The molecular weight excluding hydrogens is 188 g/mol. The second-order valence-electron chi connectivity index (χ2n) is 2.64. The zero-order valence-corrected chi connectivity index (χ0v) is 8.21. The average Bonchev–Trinajstić information content (AvgIpc) is 2.10. The first-order valence-electron chi connectivity index (χ1n) is 4.37. The lowest BCUT2D eigenvalue weighted by molar-refractivity contribution is -0.140. The number of carboxylic acids is 1. The number of carbonyl (C=O) groups excluding carboxylic acids is 1. The number of likely N-dealkylation sites (N-methyl/N-ethyl adjacent to an activating group) is 1. The lowest BCUT2D eigenvalue weighted by Crippen LogP contribution is -2.29. The number of carboxylic acid groups (broad SMARTS) is 1. The van der Waals surface area contributed by atoms with E-state index in [0.717, 1.165) is 6.54 Å². The van der Waals surface area contributed by atoms with Gasteiger partial charge in [0.05, 0.1) is 13.2 Å². The van der Waals surface area contributed by atoms with E-state index in [1.165, 1.54) is 0 Å². The predicted molar refractivity (Wildman–Crippen MR) is 50.0 cm³/mol. The maximum absolute atomic E-state index is 10.8. The van der Waals surface area contributed by atoms with E-state index in [9.17, 15) is 9.59 Å². The smallest absolute Gasteiger partial charge is 0.312 e. The van der Waals surface area contributed by atoms with E-state index < -0.39 is 18.3 Å². The summed E-state index contributed by atoms with van der Waals surface area (Å²) in [6, 6.07) is 0. The van der Waals surface area contributed by atoms with Crippen LogP contribution in [0.2, 0.25) is 0 Å². The van der Waals surface area contributed by atoms with Crippen molar-refractivity contribution in [2.75, 3.05) is 33.4 Å². The van der Waals surface area contributed by atoms with Gasteiger partial charge in [0, 0.05) is 13.1 Å². The predicted octanol–water partition coefficient (Wildman–Crippen LogP) is -1.19. The molecule has 0 fully saturated rings. The summed E-state index contributed by atoms with van der Waals surface area (Å²) in [7, 11) is 1.82. The van der Waals surface area contributed by atoms with E-state index in [2.05, 4.69) is 10.6 Å². The zero-order chi connectivity index (χ0) is 10.8. The number of amides is 1. The molecule has 0 aromatic heterocycles. The second kappa shape index (κ2) is 8.46. The third-order valence-electron chi connectivity index (χ3n) is 1.38. The van der Waals surface area contributed by atoms with Crippen LogP contribution in [0.5, 0.6) is 0 Å². The maximum Gasteiger partial charge on any atom is 0.312 e. The molecule has 0 aromatic rings. The number of ether oxygens (including phenoxy) is 1. The fourth-order valence-electron chi connectivity index (χ4n) is 0.739. The monoisotopic (exact) mass is 204 g/mol. The van der Waals surface area contributed by atoms with Crippen LogP contribution in [0.1, 0.15) is 6.42 Å². The molecule has 0 aliphatic carbocycles.